The van der Waals surface area contributed by atoms with Gasteiger partial charge in [-0.15, -0.1) is 0 Å². The SMILES string of the molecule is CN(C)C[C@@H]1CN(n2cccc2)C(=O)O1. The van der Waals surface area contributed by atoms with E-state index < -0.39 is 0 Å². The van der Waals surface area contributed by atoms with E-state index in [9.17, 15) is 4.79 Å². The largest absolute Gasteiger partial charge is 0.442 e. The van der Waals surface area contributed by atoms with E-state index in [0.717, 1.165) is 6.54 Å². The maximum absolute atomic E-state index is 11.5. The van der Waals surface area contributed by atoms with Crippen LogP contribution in [-0.2, 0) is 4.74 Å². The van der Waals surface area contributed by atoms with E-state index in [2.05, 4.69) is 0 Å². The zero-order valence-electron chi connectivity index (χ0n) is 8.96. The Labute approximate surface area is 88.8 Å². The fraction of sp³-hybridized carbons (Fsp3) is 0.500. The zero-order chi connectivity index (χ0) is 10.8. The Bertz CT molecular complexity index is 334. The standard InChI is InChI=1S/C10H15N3O2/c1-11(2)7-9-8-13(10(14)15-9)12-5-3-4-6-12/h3-6,9H,7-8H2,1-2H3/t9-/m1/s1. The van der Waals surface area contributed by atoms with Gasteiger partial charge in [-0.1, -0.05) is 0 Å². The Kier molecular flexibility index (Phi) is 2.64. The highest BCUT2D eigenvalue weighted by Gasteiger charge is 2.32. The van der Waals surface area contributed by atoms with Gasteiger partial charge in [-0.25, -0.2) is 9.80 Å². The summed E-state index contributed by atoms with van der Waals surface area (Å²) in [6, 6.07) is 3.76. The molecule has 1 amide bonds. The number of hydrogen-bond acceptors (Lipinski definition) is 3. The van der Waals surface area contributed by atoms with Crippen molar-refractivity contribution in [1.82, 2.24) is 9.58 Å². The first-order chi connectivity index (χ1) is 7.16. The van der Waals surface area contributed by atoms with Crippen LogP contribution in [0.15, 0.2) is 24.5 Å². The first-order valence-corrected chi connectivity index (χ1v) is 4.93. The third kappa shape index (κ3) is 2.12. The molecule has 1 aromatic rings. The van der Waals surface area contributed by atoms with E-state index >= 15 is 0 Å². The van der Waals surface area contributed by atoms with Crippen LogP contribution in [0.5, 0.6) is 0 Å². The number of likely N-dealkylation sites (N-methyl/N-ethyl adjacent to an activating group) is 1. The molecule has 0 aromatic carbocycles. The van der Waals surface area contributed by atoms with Crippen molar-refractivity contribution in [2.45, 2.75) is 6.10 Å². The van der Waals surface area contributed by atoms with Crippen molar-refractivity contribution in [3.05, 3.63) is 24.5 Å². The first-order valence-electron chi connectivity index (χ1n) is 4.93. The molecule has 1 aromatic heterocycles. The van der Waals surface area contributed by atoms with Crippen LogP contribution < -0.4 is 5.01 Å². The Morgan fingerprint density at radius 2 is 2.13 bits per heavy atom. The summed E-state index contributed by atoms with van der Waals surface area (Å²) in [6.45, 7) is 1.36. The van der Waals surface area contributed by atoms with E-state index in [1.165, 1.54) is 0 Å². The van der Waals surface area contributed by atoms with Crippen molar-refractivity contribution < 1.29 is 9.53 Å². The van der Waals surface area contributed by atoms with Gasteiger partial charge in [0.2, 0.25) is 0 Å². The first kappa shape index (κ1) is 10.0. The van der Waals surface area contributed by atoms with Crippen molar-refractivity contribution in [2.24, 2.45) is 0 Å². The molecule has 1 atom stereocenters. The Morgan fingerprint density at radius 3 is 2.73 bits per heavy atom. The molecule has 2 heterocycles. The van der Waals surface area contributed by atoms with Gasteiger partial charge in [0.15, 0.2) is 0 Å². The smallest absolute Gasteiger partial charge is 0.429 e. The van der Waals surface area contributed by atoms with Crippen LogP contribution in [0.1, 0.15) is 0 Å². The third-order valence-electron chi connectivity index (χ3n) is 2.29. The molecule has 1 aliphatic rings. The molecule has 1 fully saturated rings. The second-order valence-corrected chi connectivity index (χ2v) is 3.91. The van der Waals surface area contributed by atoms with Gasteiger partial charge in [-0.05, 0) is 26.2 Å². The third-order valence-corrected chi connectivity index (χ3v) is 2.29. The molecule has 1 saturated heterocycles. The molecule has 82 valence electrons. The van der Waals surface area contributed by atoms with Gasteiger partial charge < -0.3 is 9.64 Å². The molecule has 2 rings (SSSR count). The lowest BCUT2D eigenvalue weighted by Crippen LogP contribution is -2.36. The van der Waals surface area contributed by atoms with Gasteiger partial charge in [0.1, 0.15) is 6.10 Å². The molecule has 0 saturated carbocycles. The van der Waals surface area contributed by atoms with Crippen LogP contribution in [0.3, 0.4) is 0 Å². The topological polar surface area (TPSA) is 37.7 Å². The summed E-state index contributed by atoms with van der Waals surface area (Å²) in [5.41, 5.74) is 0. The molecule has 0 radical (unpaired) electrons. The molecular formula is C10H15N3O2. The Hall–Kier alpha value is -1.49. The van der Waals surface area contributed by atoms with Crippen LogP contribution in [0, 0.1) is 0 Å². The average molecular weight is 209 g/mol. The predicted molar refractivity (Wildman–Crippen MR) is 56.3 cm³/mol. The number of carbonyl (C=O) groups excluding carboxylic acids is 1. The number of amides is 1. The number of ether oxygens (including phenoxy) is 1. The lowest BCUT2D eigenvalue weighted by atomic mass is 10.3. The van der Waals surface area contributed by atoms with Crippen molar-refractivity contribution in [3.63, 3.8) is 0 Å². The molecule has 0 spiro atoms. The highest BCUT2D eigenvalue weighted by molar-refractivity contribution is 5.80. The van der Waals surface area contributed by atoms with Gasteiger partial charge in [-0.3, -0.25) is 4.68 Å². The summed E-state index contributed by atoms with van der Waals surface area (Å²) < 4.78 is 6.98. The molecule has 5 heteroatoms. The number of carbonyl (C=O) groups is 1. The van der Waals surface area contributed by atoms with Crippen LogP contribution >= 0.6 is 0 Å². The Morgan fingerprint density at radius 1 is 1.47 bits per heavy atom. The molecule has 5 nitrogen and oxygen atoms in total. The van der Waals surface area contributed by atoms with Crippen LogP contribution in [-0.4, -0.2) is 49.0 Å². The lowest BCUT2D eigenvalue weighted by Gasteiger charge is -2.15. The minimum absolute atomic E-state index is 0.0464. The van der Waals surface area contributed by atoms with Crippen LogP contribution in [0.2, 0.25) is 0 Å². The van der Waals surface area contributed by atoms with Crippen molar-refractivity contribution in [1.29, 1.82) is 0 Å². The summed E-state index contributed by atoms with van der Waals surface area (Å²) in [5, 5.41) is 1.59. The van der Waals surface area contributed by atoms with Crippen molar-refractivity contribution in [3.8, 4) is 0 Å². The fourth-order valence-electron chi connectivity index (χ4n) is 1.69. The number of nitrogens with zero attached hydrogens (tertiary/aromatic N) is 3. The summed E-state index contributed by atoms with van der Waals surface area (Å²) >= 11 is 0. The second kappa shape index (κ2) is 3.94. The van der Waals surface area contributed by atoms with E-state index in [-0.39, 0.29) is 12.2 Å². The quantitative estimate of drug-likeness (QED) is 0.727. The zero-order valence-corrected chi connectivity index (χ0v) is 8.96. The second-order valence-electron chi connectivity index (χ2n) is 3.91. The van der Waals surface area contributed by atoms with Gasteiger partial charge in [0, 0.05) is 18.9 Å². The van der Waals surface area contributed by atoms with Crippen molar-refractivity contribution in [2.75, 3.05) is 32.2 Å². The molecule has 0 bridgehead atoms. The maximum atomic E-state index is 11.5. The number of rotatable bonds is 3. The van der Waals surface area contributed by atoms with Crippen LogP contribution in [0.4, 0.5) is 4.79 Å². The van der Waals surface area contributed by atoms with E-state index in [0.29, 0.717) is 6.54 Å². The maximum Gasteiger partial charge on any atom is 0.429 e. The van der Waals surface area contributed by atoms with Crippen molar-refractivity contribution >= 4 is 6.09 Å². The highest BCUT2D eigenvalue weighted by atomic mass is 16.6. The normalized spacial score (nSPS) is 21.1. The molecule has 0 aliphatic carbocycles. The van der Waals surface area contributed by atoms with E-state index in [1.807, 2.05) is 43.5 Å². The van der Waals surface area contributed by atoms with Gasteiger partial charge in [0.25, 0.3) is 0 Å². The van der Waals surface area contributed by atoms with Gasteiger partial charge in [0.05, 0.1) is 6.54 Å². The number of aromatic nitrogens is 1. The summed E-state index contributed by atoms with van der Waals surface area (Å²) in [5.74, 6) is 0. The highest BCUT2D eigenvalue weighted by Crippen LogP contribution is 2.11. The van der Waals surface area contributed by atoms with Crippen LogP contribution in [0.25, 0.3) is 0 Å². The molecule has 15 heavy (non-hydrogen) atoms. The minimum Gasteiger partial charge on any atom is -0.442 e. The van der Waals surface area contributed by atoms with Gasteiger partial charge in [-0.2, -0.15) is 0 Å². The molecule has 0 N–H and O–H groups in total. The Balaban J connectivity index is 2.02. The lowest BCUT2D eigenvalue weighted by molar-refractivity contribution is 0.123. The van der Waals surface area contributed by atoms with Gasteiger partial charge >= 0.3 is 6.09 Å². The predicted octanol–water partition coefficient (Wildman–Crippen LogP) is 0.506. The minimum atomic E-state index is -0.280. The molecular weight excluding hydrogens is 194 g/mol. The van der Waals surface area contributed by atoms with E-state index in [1.54, 1.807) is 9.69 Å². The summed E-state index contributed by atoms with van der Waals surface area (Å²) in [7, 11) is 3.93. The average Bonchev–Trinajstić information content (AvgIpc) is 2.72. The fourth-order valence-corrected chi connectivity index (χ4v) is 1.69. The molecule has 1 aliphatic heterocycles. The monoisotopic (exact) mass is 209 g/mol. The molecule has 0 unspecified atom stereocenters. The summed E-state index contributed by atoms with van der Waals surface area (Å²) in [6.07, 6.45) is 3.34. The summed E-state index contributed by atoms with van der Waals surface area (Å²) in [4.78, 5) is 13.5. The number of cyclic esters (lactones) is 1. The van der Waals surface area contributed by atoms with E-state index in [4.69, 9.17) is 4.74 Å². The number of hydrogen-bond donors (Lipinski definition) is 0.